The van der Waals surface area contributed by atoms with Crippen LogP contribution in [0.3, 0.4) is 0 Å². The topological polar surface area (TPSA) is 86.7 Å². The zero-order valence-corrected chi connectivity index (χ0v) is 17.7. The van der Waals surface area contributed by atoms with Crippen molar-refractivity contribution < 1.29 is 25.2 Å². The van der Waals surface area contributed by atoms with Crippen LogP contribution >= 0.6 is 0 Å². The molecule has 26 heavy (non-hydrogen) atoms. The molecule has 8 heteroatoms. The van der Waals surface area contributed by atoms with Crippen LogP contribution in [0.15, 0.2) is 25.3 Å². The Hall–Kier alpha value is -0.700. The van der Waals surface area contributed by atoms with Crippen LogP contribution < -0.4 is 0 Å². The van der Waals surface area contributed by atoms with E-state index in [2.05, 4.69) is 13.2 Å². The molecule has 154 valence electrons. The third kappa shape index (κ3) is 9.85. The summed E-state index contributed by atoms with van der Waals surface area (Å²) < 4.78 is 58.9. The zero-order valence-electron chi connectivity index (χ0n) is 16.1. The van der Waals surface area contributed by atoms with Crippen molar-refractivity contribution in [3.63, 3.8) is 0 Å². The molecule has 0 radical (unpaired) electrons. The quantitative estimate of drug-likeness (QED) is 0.205. The number of hydrogen-bond donors (Lipinski definition) is 0. The highest BCUT2D eigenvalue weighted by molar-refractivity contribution is 7.87. The summed E-state index contributed by atoms with van der Waals surface area (Å²) in [7, 11) is -7.56. The van der Waals surface area contributed by atoms with Gasteiger partial charge in [-0.2, -0.15) is 16.8 Å². The van der Waals surface area contributed by atoms with Gasteiger partial charge in [-0.3, -0.25) is 8.37 Å². The van der Waals surface area contributed by atoms with Crippen LogP contribution in [0.2, 0.25) is 0 Å². The van der Waals surface area contributed by atoms with E-state index in [0.717, 1.165) is 25.7 Å². The lowest BCUT2D eigenvalue weighted by Crippen LogP contribution is -2.27. The number of rotatable bonds is 17. The Labute approximate surface area is 159 Å². The monoisotopic (exact) mass is 410 g/mol. The van der Waals surface area contributed by atoms with E-state index in [1.807, 2.05) is 13.8 Å². The van der Waals surface area contributed by atoms with E-state index in [1.54, 1.807) is 12.2 Å². The van der Waals surface area contributed by atoms with Crippen molar-refractivity contribution in [1.29, 1.82) is 0 Å². The van der Waals surface area contributed by atoms with Gasteiger partial charge in [0.2, 0.25) is 0 Å². The first-order chi connectivity index (χ1) is 12.2. The zero-order chi connectivity index (χ0) is 20.1. The molecule has 0 spiro atoms. The molecule has 0 rings (SSSR count). The summed E-state index contributed by atoms with van der Waals surface area (Å²) in [5.41, 5.74) is 0. The van der Waals surface area contributed by atoms with Gasteiger partial charge < -0.3 is 0 Å². The summed E-state index contributed by atoms with van der Waals surface area (Å²) in [5.74, 6) is 0. The molecule has 0 aromatic rings. The van der Waals surface area contributed by atoms with E-state index < -0.39 is 30.7 Å². The van der Waals surface area contributed by atoms with Gasteiger partial charge in [0, 0.05) is 0 Å². The fraction of sp³-hybridized carbons (Fsp3) is 0.778. The minimum absolute atomic E-state index is 0.305. The molecule has 0 bridgehead atoms. The normalized spacial score (nSPS) is 14.7. The average molecular weight is 411 g/mol. The van der Waals surface area contributed by atoms with Crippen molar-refractivity contribution in [1.82, 2.24) is 0 Å². The molecule has 6 nitrogen and oxygen atoms in total. The second kappa shape index (κ2) is 13.5. The number of hydrogen-bond acceptors (Lipinski definition) is 6. The molecule has 2 atom stereocenters. The molecular weight excluding hydrogens is 376 g/mol. The maximum atomic E-state index is 12.2. The average Bonchev–Trinajstić information content (AvgIpc) is 2.59. The van der Waals surface area contributed by atoms with Crippen LogP contribution in [-0.2, 0) is 28.6 Å². The summed E-state index contributed by atoms with van der Waals surface area (Å²) >= 11 is 0. The van der Waals surface area contributed by atoms with Crippen molar-refractivity contribution in [3.05, 3.63) is 25.3 Å². The Morgan fingerprint density at radius 3 is 1.38 bits per heavy atom. The lowest BCUT2D eigenvalue weighted by atomic mass is 10.1. The second-order valence-corrected chi connectivity index (χ2v) is 9.98. The summed E-state index contributed by atoms with van der Waals surface area (Å²) in [6.07, 6.45) is 8.00. The van der Waals surface area contributed by atoms with E-state index in [4.69, 9.17) is 8.37 Å². The van der Waals surface area contributed by atoms with E-state index >= 15 is 0 Å². The van der Waals surface area contributed by atoms with E-state index in [-0.39, 0.29) is 13.2 Å². The van der Waals surface area contributed by atoms with Crippen molar-refractivity contribution in [2.24, 2.45) is 0 Å². The second-order valence-electron chi connectivity index (χ2n) is 6.21. The Balaban J connectivity index is 4.63. The largest absolute Gasteiger partial charge is 0.270 e. The minimum Gasteiger partial charge on any atom is -0.267 e. The molecule has 0 aromatic carbocycles. The molecule has 0 saturated heterocycles. The van der Waals surface area contributed by atoms with Crippen LogP contribution in [0.4, 0.5) is 0 Å². The van der Waals surface area contributed by atoms with Crippen molar-refractivity contribution >= 4 is 20.2 Å². The predicted molar refractivity (Wildman–Crippen MR) is 106 cm³/mol. The lowest BCUT2D eigenvalue weighted by Gasteiger charge is -2.17. The van der Waals surface area contributed by atoms with Gasteiger partial charge in [0.15, 0.2) is 0 Å². The van der Waals surface area contributed by atoms with Gasteiger partial charge in [-0.1, -0.05) is 51.7 Å². The van der Waals surface area contributed by atoms with E-state index in [1.165, 1.54) is 0 Å². The third-order valence-electron chi connectivity index (χ3n) is 4.01. The van der Waals surface area contributed by atoms with Gasteiger partial charge in [-0.15, -0.1) is 13.2 Å². The summed E-state index contributed by atoms with van der Waals surface area (Å²) in [6, 6.07) is 0. The molecule has 0 fully saturated rings. The summed E-state index contributed by atoms with van der Waals surface area (Å²) in [4.78, 5) is 0. The lowest BCUT2D eigenvalue weighted by molar-refractivity contribution is 0.219. The van der Waals surface area contributed by atoms with Crippen LogP contribution in [-0.4, -0.2) is 40.5 Å². The molecule has 0 amide bonds. The fourth-order valence-corrected chi connectivity index (χ4v) is 5.13. The molecule has 2 unspecified atom stereocenters. The van der Waals surface area contributed by atoms with Crippen LogP contribution in [0.5, 0.6) is 0 Å². The number of allylic oxidation sites excluding steroid dienone is 2. The highest BCUT2D eigenvalue weighted by Gasteiger charge is 2.27. The molecule has 0 aliphatic carbocycles. The van der Waals surface area contributed by atoms with Gasteiger partial charge in [-0.25, -0.2) is 0 Å². The van der Waals surface area contributed by atoms with Gasteiger partial charge in [0.1, 0.15) is 0 Å². The van der Waals surface area contributed by atoms with Crippen LogP contribution in [0, 0.1) is 0 Å². The Bertz CT molecular complexity index is 541. The standard InChI is InChI=1S/C18H34O6S2/c1-5-9-13-17(11-7-3)25(19,20)23-15-16-24-26(21,22)18(12-8-4)14-10-6-2/h7-8,17-18H,3-6,9-16H2,1-2H3. The van der Waals surface area contributed by atoms with Crippen molar-refractivity contribution in [2.45, 2.75) is 75.7 Å². The molecule has 0 saturated carbocycles. The first kappa shape index (κ1) is 25.3. The first-order valence-corrected chi connectivity index (χ1v) is 12.2. The van der Waals surface area contributed by atoms with E-state index in [0.29, 0.717) is 25.7 Å². The Morgan fingerprint density at radius 1 is 0.769 bits per heavy atom. The minimum atomic E-state index is -3.78. The highest BCUT2D eigenvalue weighted by Crippen LogP contribution is 2.18. The van der Waals surface area contributed by atoms with Crippen molar-refractivity contribution in [2.75, 3.05) is 13.2 Å². The smallest absolute Gasteiger partial charge is 0.267 e. The van der Waals surface area contributed by atoms with Gasteiger partial charge >= 0.3 is 0 Å². The SMILES string of the molecule is C=CCC(CCCC)S(=O)(=O)OCCOS(=O)(=O)C(CC=C)CCCC. The van der Waals surface area contributed by atoms with Gasteiger partial charge in [0.05, 0.1) is 23.7 Å². The van der Waals surface area contributed by atoms with Crippen LogP contribution in [0.25, 0.3) is 0 Å². The predicted octanol–water partition coefficient (Wildman–Crippen LogP) is 3.95. The molecule has 0 N–H and O–H groups in total. The Morgan fingerprint density at radius 2 is 1.12 bits per heavy atom. The third-order valence-corrected chi connectivity index (χ3v) is 7.49. The number of unbranched alkanes of at least 4 members (excludes halogenated alkanes) is 2. The molecule has 0 heterocycles. The molecule has 0 aliphatic heterocycles. The van der Waals surface area contributed by atoms with Gasteiger partial charge in [-0.05, 0) is 25.7 Å². The Kier molecular flexibility index (Phi) is 13.1. The molecular formula is C18H34O6S2. The maximum absolute atomic E-state index is 12.2. The summed E-state index contributed by atoms with van der Waals surface area (Å²) in [5, 5.41) is -1.32. The molecule has 0 aromatic heterocycles. The van der Waals surface area contributed by atoms with E-state index in [9.17, 15) is 16.8 Å². The molecule has 0 aliphatic rings. The summed E-state index contributed by atoms with van der Waals surface area (Å²) in [6.45, 7) is 10.5. The maximum Gasteiger partial charge on any atom is 0.270 e. The highest BCUT2D eigenvalue weighted by atomic mass is 32.2. The fourth-order valence-electron chi connectivity index (χ4n) is 2.49. The van der Waals surface area contributed by atoms with Crippen LogP contribution in [0.1, 0.15) is 65.2 Å². The first-order valence-electron chi connectivity index (χ1n) is 9.23. The van der Waals surface area contributed by atoms with Crippen molar-refractivity contribution in [3.8, 4) is 0 Å². The van der Waals surface area contributed by atoms with Gasteiger partial charge in [0.25, 0.3) is 20.2 Å².